The van der Waals surface area contributed by atoms with Crippen LogP contribution in [0.5, 0.6) is 5.75 Å². The summed E-state index contributed by atoms with van der Waals surface area (Å²) in [5.41, 5.74) is 1.86. The Morgan fingerprint density at radius 2 is 1.52 bits per heavy atom. The fourth-order valence-corrected chi connectivity index (χ4v) is 2.28. The second-order valence-corrected chi connectivity index (χ2v) is 5.67. The Bertz CT molecular complexity index is 711. The van der Waals surface area contributed by atoms with E-state index in [1.807, 2.05) is 19.9 Å². The molecule has 0 heterocycles. The van der Waals surface area contributed by atoms with Crippen molar-refractivity contribution in [3.05, 3.63) is 54.1 Å². The third-order valence-electron chi connectivity index (χ3n) is 3.50. The molecule has 0 unspecified atom stereocenters. The van der Waals surface area contributed by atoms with Gasteiger partial charge in [-0.3, -0.25) is 9.59 Å². The lowest BCUT2D eigenvalue weighted by Gasteiger charge is -2.11. The van der Waals surface area contributed by atoms with Crippen LogP contribution in [-0.2, 0) is 4.79 Å². The van der Waals surface area contributed by atoms with Crippen molar-refractivity contribution in [2.45, 2.75) is 33.1 Å². The molecule has 0 atom stereocenters. The van der Waals surface area contributed by atoms with Crippen LogP contribution < -0.4 is 15.4 Å². The van der Waals surface area contributed by atoms with E-state index < -0.39 is 0 Å². The maximum atomic E-state index is 12.5. The normalized spacial score (nSPS) is 10.2. The first kappa shape index (κ1) is 18.5. The number of ether oxygens (including phenoxy) is 1. The minimum atomic E-state index is -0.227. The van der Waals surface area contributed by atoms with Crippen LogP contribution >= 0.6 is 0 Å². The zero-order valence-electron chi connectivity index (χ0n) is 14.7. The summed E-state index contributed by atoms with van der Waals surface area (Å²) in [6, 6.07) is 14.2. The zero-order chi connectivity index (χ0) is 18.1. The molecule has 0 bridgehead atoms. The van der Waals surface area contributed by atoms with Crippen molar-refractivity contribution in [2.75, 3.05) is 17.2 Å². The molecule has 2 rings (SSSR count). The van der Waals surface area contributed by atoms with Crippen LogP contribution in [-0.4, -0.2) is 18.4 Å². The van der Waals surface area contributed by atoms with Crippen molar-refractivity contribution in [3.8, 4) is 5.75 Å². The molecule has 5 heteroatoms. The number of nitrogens with one attached hydrogen (secondary N) is 2. The van der Waals surface area contributed by atoms with Crippen molar-refractivity contribution in [2.24, 2.45) is 0 Å². The number of carbonyl (C=O) groups is 2. The first-order chi connectivity index (χ1) is 12.1. The highest BCUT2D eigenvalue weighted by molar-refractivity contribution is 6.06. The molecule has 0 aliphatic heterocycles. The molecule has 2 N–H and O–H groups in total. The Morgan fingerprint density at radius 1 is 0.880 bits per heavy atom. The second-order valence-electron chi connectivity index (χ2n) is 5.67. The number of hydrogen-bond donors (Lipinski definition) is 2. The highest BCUT2D eigenvalue weighted by Crippen LogP contribution is 2.21. The Labute approximate surface area is 148 Å². The van der Waals surface area contributed by atoms with Crippen LogP contribution in [0.3, 0.4) is 0 Å². The number of anilines is 2. The van der Waals surface area contributed by atoms with Crippen molar-refractivity contribution in [3.63, 3.8) is 0 Å². The Hall–Kier alpha value is -2.82. The number of amides is 2. The SMILES string of the molecule is CCCOc1ccccc1C(=O)Nc1ccc(NC(=O)CCC)cc1. The first-order valence-electron chi connectivity index (χ1n) is 8.57. The first-order valence-corrected chi connectivity index (χ1v) is 8.57. The predicted molar refractivity (Wildman–Crippen MR) is 100 cm³/mol. The molecule has 2 aromatic carbocycles. The van der Waals surface area contributed by atoms with Gasteiger partial charge in [0.05, 0.1) is 12.2 Å². The minimum absolute atomic E-state index is 0.0127. The Balaban J connectivity index is 2.02. The van der Waals surface area contributed by atoms with Gasteiger partial charge in [0.15, 0.2) is 0 Å². The average molecular weight is 340 g/mol. The van der Waals surface area contributed by atoms with Crippen molar-refractivity contribution in [1.82, 2.24) is 0 Å². The van der Waals surface area contributed by atoms with Gasteiger partial charge in [0.25, 0.3) is 5.91 Å². The van der Waals surface area contributed by atoms with Gasteiger partial charge in [-0.1, -0.05) is 26.0 Å². The summed E-state index contributed by atoms with van der Waals surface area (Å²) in [6.45, 7) is 4.54. The standard InChI is InChI=1S/C20H24N2O3/c1-3-7-19(23)21-15-10-12-16(13-11-15)22-20(24)17-8-5-6-9-18(17)25-14-4-2/h5-6,8-13H,3-4,7,14H2,1-2H3,(H,21,23)(H,22,24). The van der Waals surface area contributed by atoms with E-state index in [4.69, 9.17) is 4.74 Å². The van der Waals surface area contributed by atoms with Crippen LogP contribution in [0.15, 0.2) is 48.5 Å². The third-order valence-corrected chi connectivity index (χ3v) is 3.50. The fraction of sp³-hybridized carbons (Fsp3) is 0.300. The molecule has 0 radical (unpaired) electrons. The molecular formula is C20H24N2O3. The Morgan fingerprint density at radius 3 is 2.16 bits per heavy atom. The van der Waals surface area contributed by atoms with Crippen molar-refractivity contribution in [1.29, 1.82) is 0 Å². The summed E-state index contributed by atoms with van der Waals surface area (Å²) >= 11 is 0. The monoisotopic (exact) mass is 340 g/mol. The maximum Gasteiger partial charge on any atom is 0.259 e. The van der Waals surface area contributed by atoms with Gasteiger partial charge in [0.1, 0.15) is 5.75 Å². The molecule has 0 aliphatic carbocycles. The quantitative estimate of drug-likeness (QED) is 0.745. The topological polar surface area (TPSA) is 67.4 Å². The van der Waals surface area contributed by atoms with E-state index in [0.717, 1.165) is 12.8 Å². The maximum absolute atomic E-state index is 12.5. The van der Waals surface area contributed by atoms with Gasteiger partial charge in [-0.05, 0) is 49.2 Å². The highest BCUT2D eigenvalue weighted by atomic mass is 16.5. The molecule has 2 amide bonds. The lowest BCUT2D eigenvalue weighted by Crippen LogP contribution is -2.14. The molecule has 0 spiro atoms. The lowest BCUT2D eigenvalue weighted by molar-refractivity contribution is -0.116. The average Bonchev–Trinajstić information content (AvgIpc) is 2.62. The van der Waals surface area contributed by atoms with E-state index in [2.05, 4.69) is 10.6 Å². The third kappa shape index (κ3) is 5.64. The molecule has 0 saturated carbocycles. The van der Waals surface area contributed by atoms with E-state index in [-0.39, 0.29) is 11.8 Å². The smallest absolute Gasteiger partial charge is 0.259 e. The lowest BCUT2D eigenvalue weighted by atomic mass is 10.1. The van der Waals surface area contributed by atoms with E-state index in [9.17, 15) is 9.59 Å². The van der Waals surface area contributed by atoms with Crippen molar-refractivity contribution < 1.29 is 14.3 Å². The van der Waals surface area contributed by atoms with Crippen LogP contribution in [0.4, 0.5) is 11.4 Å². The Kier molecular flexibility index (Phi) is 7.01. The number of carbonyl (C=O) groups excluding carboxylic acids is 2. The number of para-hydroxylation sites is 1. The molecule has 0 fully saturated rings. The van der Waals surface area contributed by atoms with Gasteiger partial charge in [-0.15, -0.1) is 0 Å². The molecule has 0 saturated heterocycles. The summed E-state index contributed by atoms with van der Waals surface area (Å²) in [7, 11) is 0. The predicted octanol–water partition coefficient (Wildman–Crippen LogP) is 4.47. The second kappa shape index (κ2) is 9.47. The summed E-state index contributed by atoms with van der Waals surface area (Å²) < 4.78 is 5.62. The number of rotatable bonds is 8. The van der Waals surface area contributed by atoms with E-state index in [1.54, 1.807) is 42.5 Å². The largest absolute Gasteiger partial charge is 0.493 e. The van der Waals surface area contributed by atoms with Gasteiger partial charge < -0.3 is 15.4 Å². The molecule has 5 nitrogen and oxygen atoms in total. The molecule has 25 heavy (non-hydrogen) atoms. The summed E-state index contributed by atoms with van der Waals surface area (Å²) in [4.78, 5) is 24.1. The van der Waals surface area contributed by atoms with Gasteiger partial charge in [0.2, 0.25) is 5.91 Å². The molecule has 2 aromatic rings. The van der Waals surface area contributed by atoms with E-state index >= 15 is 0 Å². The summed E-state index contributed by atoms with van der Waals surface area (Å²) in [6.07, 6.45) is 2.17. The van der Waals surface area contributed by atoms with Crippen LogP contribution in [0.1, 0.15) is 43.5 Å². The van der Waals surface area contributed by atoms with Gasteiger partial charge in [-0.2, -0.15) is 0 Å². The van der Waals surface area contributed by atoms with E-state index in [0.29, 0.717) is 35.7 Å². The molecular weight excluding hydrogens is 316 g/mol. The fourth-order valence-electron chi connectivity index (χ4n) is 2.28. The molecule has 132 valence electrons. The van der Waals surface area contributed by atoms with Crippen LogP contribution in [0.2, 0.25) is 0 Å². The minimum Gasteiger partial charge on any atom is -0.493 e. The van der Waals surface area contributed by atoms with Gasteiger partial charge in [0, 0.05) is 17.8 Å². The molecule has 0 aromatic heterocycles. The van der Waals surface area contributed by atoms with Crippen LogP contribution in [0, 0.1) is 0 Å². The number of benzene rings is 2. The van der Waals surface area contributed by atoms with Gasteiger partial charge >= 0.3 is 0 Å². The van der Waals surface area contributed by atoms with Gasteiger partial charge in [-0.25, -0.2) is 0 Å². The van der Waals surface area contributed by atoms with Crippen molar-refractivity contribution >= 4 is 23.2 Å². The van der Waals surface area contributed by atoms with E-state index in [1.165, 1.54) is 0 Å². The highest BCUT2D eigenvalue weighted by Gasteiger charge is 2.12. The molecule has 0 aliphatic rings. The summed E-state index contributed by atoms with van der Waals surface area (Å²) in [5.74, 6) is 0.334. The van der Waals surface area contributed by atoms with Crippen LogP contribution in [0.25, 0.3) is 0 Å². The number of hydrogen-bond acceptors (Lipinski definition) is 3. The summed E-state index contributed by atoms with van der Waals surface area (Å²) in [5, 5.41) is 5.66. The zero-order valence-corrected chi connectivity index (χ0v) is 14.7.